The Hall–Kier alpha value is -2.02. The molecular formula is C17H23NO5S. The lowest BCUT2D eigenvalue weighted by Crippen LogP contribution is -2.49. The van der Waals surface area contributed by atoms with Gasteiger partial charge in [-0.05, 0) is 20.8 Å². The minimum Gasteiger partial charge on any atom is -0.467 e. The molecule has 0 spiro atoms. The predicted octanol–water partition coefficient (Wildman–Crippen LogP) is 3.01. The van der Waals surface area contributed by atoms with E-state index in [9.17, 15) is 14.4 Å². The second kappa shape index (κ2) is 8.73. The molecule has 0 saturated carbocycles. The Kier molecular flexibility index (Phi) is 7.28. The van der Waals surface area contributed by atoms with Crippen molar-refractivity contribution in [2.45, 2.75) is 44.6 Å². The quantitative estimate of drug-likeness (QED) is 0.820. The number of hydrogen-bond acceptors (Lipinski definition) is 6. The number of hydrogen-bond donors (Lipinski definition) is 1. The van der Waals surface area contributed by atoms with Crippen molar-refractivity contribution in [1.82, 2.24) is 5.32 Å². The summed E-state index contributed by atoms with van der Waals surface area (Å²) in [6.45, 7) is 6.83. The Bertz CT molecular complexity index is 582. The van der Waals surface area contributed by atoms with Crippen LogP contribution in [-0.4, -0.2) is 41.2 Å². The number of methoxy groups -OCH3 is 1. The van der Waals surface area contributed by atoms with E-state index in [1.807, 2.05) is 6.07 Å². The molecule has 0 aliphatic carbocycles. The fourth-order valence-corrected chi connectivity index (χ4v) is 2.73. The highest BCUT2D eigenvalue weighted by molar-refractivity contribution is 8.14. The van der Waals surface area contributed by atoms with Gasteiger partial charge < -0.3 is 14.8 Å². The third kappa shape index (κ3) is 6.62. The highest BCUT2D eigenvalue weighted by Crippen LogP contribution is 2.21. The fourth-order valence-electron chi connectivity index (χ4n) is 1.81. The van der Waals surface area contributed by atoms with Gasteiger partial charge in [-0.2, -0.15) is 0 Å². The summed E-state index contributed by atoms with van der Waals surface area (Å²) in [5.74, 6) is -0.637. The maximum atomic E-state index is 12.3. The summed E-state index contributed by atoms with van der Waals surface area (Å²) in [4.78, 5) is 36.1. The Balaban J connectivity index is 2.78. The Morgan fingerprint density at radius 3 is 2.21 bits per heavy atom. The van der Waals surface area contributed by atoms with Crippen LogP contribution in [0.3, 0.4) is 0 Å². The third-order valence-electron chi connectivity index (χ3n) is 2.90. The molecule has 1 aromatic rings. The van der Waals surface area contributed by atoms with Gasteiger partial charge in [0.25, 0.3) is 0 Å². The normalized spacial score (nSPS) is 13.5. The van der Waals surface area contributed by atoms with Gasteiger partial charge in [-0.1, -0.05) is 49.0 Å². The average Bonchev–Trinajstić information content (AvgIpc) is 2.50. The lowest BCUT2D eigenvalue weighted by atomic mass is 10.2. The highest BCUT2D eigenvalue weighted by atomic mass is 32.2. The number of thioether (sulfide) groups is 1. The molecule has 7 heteroatoms. The van der Waals surface area contributed by atoms with Crippen molar-refractivity contribution in [1.29, 1.82) is 0 Å². The minimum atomic E-state index is -0.998. The van der Waals surface area contributed by atoms with Crippen molar-refractivity contribution in [3.05, 3.63) is 35.9 Å². The van der Waals surface area contributed by atoms with E-state index in [1.54, 1.807) is 52.0 Å². The summed E-state index contributed by atoms with van der Waals surface area (Å²) in [6.07, 6.45) is -0.738. The molecule has 0 aliphatic rings. The lowest BCUT2D eigenvalue weighted by Gasteiger charge is -2.25. The second-order valence-electron chi connectivity index (χ2n) is 6.12. The molecule has 132 valence electrons. The predicted molar refractivity (Wildman–Crippen MR) is 93.0 cm³/mol. The number of amides is 1. The molecule has 0 aliphatic heterocycles. The minimum absolute atomic E-state index is 0.192. The maximum absolute atomic E-state index is 12.3. The Labute approximate surface area is 146 Å². The summed E-state index contributed by atoms with van der Waals surface area (Å²) in [5, 5.41) is 1.75. The van der Waals surface area contributed by atoms with Gasteiger partial charge >= 0.3 is 12.1 Å². The van der Waals surface area contributed by atoms with Crippen molar-refractivity contribution in [2.75, 3.05) is 7.11 Å². The first-order chi connectivity index (χ1) is 11.1. The molecule has 0 heterocycles. The molecule has 2 atom stereocenters. The van der Waals surface area contributed by atoms with E-state index >= 15 is 0 Å². The van der Waals surface area contributed by atoms with E-state index in [2.05, 4.69) is 5.32 Å². The molecule has 0 aromatic heterocycles. The number of carbonyl (C=O) groups is 3. The molecule has 0 unspecified atom stereocenters. The van der Waals surface area contributed by atoms with E-state index in [1.165, 1.54) is 7.11 Å². The van der Waals surface area contributed by atoms with E-state index in [4.69, 9.17) is 9.47 Å². The number of alkyl carbamates (subject to hydrolysis) is 1. The van der Waals surface area contributed by atoms with Crippen LogP contribution in [0.2, 0.25) is 0 Å². The van der Waals surface area contributed by atoms with Gasteiger partial charge in [0.15, 0.2) is 0 Å². The Morgan fingerprint density at radius 1 is 1.12 bits per heavy atom. The van der Waals surface area contributed by atoms with Gasteiger partial charge in [-0.3, -0.25) is 4.79 Å². The molecule has 1 rings (SSSR count). The van der Waals surface area contributed by atoms with Crippen molar-refractivity contribution in [3.8, 4) is 0 Å². The first-order valence-electron chi connectivity index (χ1n) is 7.47. The molecule has 1 amide bonds. The number of nitrogens with one attached hydrogen (secondary N) is 1. The lowest BCUT2D eigenvalue weighted by molar-refractivity contribution is -0.143. The van der Waals surface area contributed by atoms with Crippen molar-refractivity contribution >= 4 is 28.9 Å². The van der Waals surface area contributed by atoms with Gasteiger partial charge in [-0.15, -0.1) is 0 Å². The molecule has 6 nitrogen and oxygen atoms in total. The van der Waals surface area contributed by atoms with Crippen LogP contribution in [0, 0.1) is 0 Å². The van der Waals surface area contributed by atoms with Gasteiger partial charge in [-0.25, -0.2) is 9.59 Å². The number of carbonyl (C=O) groups excluding carboxylic acids is 3. The SMILES string of the molecule is COC(=O)[C@@H](NC(=O)OC(C)(C)C)[C@@H](C)SC(=O)c1ccccc1. The first-order valence-corrected chi connectivity index (χ1v) is 8.35. The number of ether oxygens (including phenoxy) is 2. The highest BCUT2D eigenvalue weighted by Gasteiger charge is 2.31. The van der Waals surface area contributed by atoms with Crippen LogP contribution >= 0.6 is 11.8 Å². The standard InChI is InChI=1S/C17H23NO5S/c1-11(24-15(20)12-9-7-6-8-10-12)13(14(19)22-5)18-16(21)23-17(2,3)4/h6-11,13H,1-5H3,(H,18,21)/t11-,13+/m1/s1. The van der Waals surface area contributed by atoms with Gasteiger partial charge in [0.1, 0.15) is 11.6 Å². The van der Waals surface area contributed by atoms with Crippen LogP contribution in [0.25, 0.3) is 0 Å². The van der Waals surface area contributed by atoms with E-state index < -0.39 is 29.0 Å². The topological polar surface area (TPSA) is 81.7 Å². The molecule has 0 saturated heterocycles. The van der Waals surface area contributed by atoms with Crippen LogP contribution < -0.4 is 5.32 Å². The number of rotatable bonds is 5. The summed E-state index contributed by atoms with van der Waals surface area (Å²) >= 11 is 0.954. The van der Waals surface area contributed by atoms with E-state index in [0.717, 1.165) is 11.8 Å². The van der Waals surface area contributed by atoms with Gasteiger partial charge in [0.2, 0.25) is 5.12 Å². The summed E-state index contributed by atoms with van der Waals surface area (Å²) in [6, 6.07) is 7.71. The zero-order valence-electron chi connectivity index (χ0n) is 14.5. The molecule has 0 radical (unpaired) electrons. The molecule has 1 N–H and O–H groups in total. The number of esters is 1. The summed E-state index contributed by atoms with van der Waals surface area (Å²) in [7, 11) is 1.22. The van der Waals surface area contributed by atoms with Crippen molar-refractivity contribution in [2.24, 2.45) is 0 Å². The van der Waals surface area contributed by atoms with Crippen LogP contribution in [0.1, 0.15) is 38.1 Å². The number of benzene rings is 1. The fraction of sp³-hybridized carbons (Fsp3) is 0.471. The van der Waals surface area contributed by atoms with Crippen LogP contribution in [-0.2, 0) is 14.3 Å². The third-order valence-corrected chi connectivity index (χ3v) is 3.99. The van der Waals surface area contributed by atoms with Gasteiger partial charge in [0, 0.05) is 10.8 Å². The zero-order valence-corrected chi connectivity index (χ0v) is 15.3. The molecule has 24 heavy (non-hydrogen) atoms. The van der Waals surface area contributed by atoms with Crippen molar-refractivity contribution in [3.63, 3.8) is 0 Å². The first kappa shape index (κ1) is 20.0. The Morgan fingerprint density at radius 2 is 1.71 bits per heavy atom. The van der Waals surface area contributed by atoms with E-state index in [-0.39, 0.29) is 5.12 Å². The van der Waals surface area contributed by atoms with Crippen LogP contribution in [0.4, 0.5) is 4.79 Å². The summed E-state index contributed by atoms with van der Waals surface area (Å²) < 4.78 is 9.87. The molecule has 0 bridgehead atoms. The van der Waals surface area contributed by atoms with Gasteiger partial charge in [0.05, 0.1) is 7.11 Å². The monoisotopic (exact) mass is 353 g/mol. The largest absolute Gasteiger partial charge is 0.467 e. The van der Waals surface area contributed by atoms with E-state index in [0.29, 0.717) is 5.56 Å². The molecule has 0 fully saturated rings. The van der Waals surface area contributed by atoms with Crippen LogP contribution in [0.5, 0.6) is 0 Å². The maximum Gasteiger partial charge on any atom is 0.408 e. The smallest absolute Gasteiger partial charge is 0.408 e. The average molecular weight is 353 g/mol. The van der Waals surface area contributed by atoms with Crippen LogP contribution in [0.15, 0.2) is 30.3 Å². The molecule has 1 aromatic carbocycles. The van der Waals surface area contributed by atoms with Crippen molar-refractivity contribution < 1.29 is 23.9 Å². The zero-order chi connectivity index (χ0) is 18.3. The molecular weight excluding hydrogens is 330 g/mol. The summed E-state index contributed by atoms with van der Waals surface area (Å²) in [5.41, 5.74) is -0.170. The second-order valence-corrected chi connectivity index (χ2v) is 7.47.